The fourth-order valence-electron chi connectivity index (χ4n) is 2.06. The Bertz CT molecular complexity index is 358. The average molecular weight is 235 g/mol. The predicted molar refractivity (Wildman–Crippen MR) is 73.9 cm³/mol. The molecule has 0 bridgehead atoms. The van der Waals surface area contributed by atoms with E-state index in [1.54, 1.807) is 7.11 Å². The van der Waals surface area contributed by atoms with Gasteiger partial charge in [0.15, 0.2) is 0 Å². The highest BCUT2D eigenvalue weighted by atomic mass is 16.5. The summed E-state index contributed by atoms with van der Waals surface area (Å²) in [5.41, 5.74) is 2.73. The summed E-state index contributed by atoms with van der Waals surface area (Å²) in [4.78, 5) is 0. The summed E-state index contributed by atoms with van der Waals surface area (Å²) in [6.07, 6.45) is 1.11. The van der Waals surface area contributed by atoms with Crippen molar-refractivity contribution in [1.82, 2.24) is 5.32 Å². The molecule has 17 heavy (non-hydrogen) atoms. The van der Waals surface area contributed by atoms with Crippen molar-refractivity contribution in [3.63, 3.8) is 0 Å². The summed E-state index contributed by atoms with van der Waals surface area (Å²) in [5, 5.41) is 3.39. The molecule has 0 aromatic heterocycles. The minimum absolute atomic E-state index is 0.138. The maximum absolute atomic E-state index is 5.47. The van der Waals surface area contributed by atoms with E-state index in [9.17, 15) is 0 Å². The van der Waals surface area contributed by atoms with Crippen LogP contribution in [0.1, 0.15) is 38.3 Å². The Morgan fingerprint density at radius 3 is 2.59 bits per heavy atom. The normalized spacial score (nSPS) is 11.6. The van der Waals surface area contributed by atoms with Gasteiger partial charge in [-0.2, -0.15) is 0 Å². The van der Waals surface area contributed by atoms with Crippen molar-refractivity contribution in [2.75, 3.05) is 20.2 Å². The van der Waals surface area contributed by atoms with Crippen molar-refractivity contribution in [2.45, 2.75) is 39.5 Å². The molecule has 0 heterocycles. The zero-order chi connectivity index (χ0) is 12.9. The minimum Gasteiger partial charge on any atom is -0.496 e. The quantitative estimate of drug-likeness (QED) is 0.764. The first-order valence-corrected chi connectivity index (χ1v) is 6.37. The van der Waals surface area contributed by atoms with Crippen LogP contribution in [0.4, 0.5) is 0 Å². The van der Waals surface area contributed by atoms with Crippen LogP contribution in [0.3, 0.4) is 0 Å². The molecule has 0 unspecified atom stereocenters. The molecular formula is C15H25NO. The lowest BCUT2D eigenvalue weighted by atomic mass is 9.80. The second-order valence-electron chi connectivity index (χ2n) is 5.19. The van der Waals surface area contributed by atoms with Crippen LogP contribution >= 0.6 is 0 Å². The second-order valence-corrected chi connectivity index (χ2v) is 5.19. The first-order chi connectivity index (χ1) is 8.01. The zero-order valence-electron chi connectivity index (χ0n) is 11.8. The molecule has 2 heteroatoms. The van der Waals surface area contributed by atoms with E-state index >= 15 is 0 Å². The van der Waals surface area contributed by atoms with Gasteiger partial charge in [0.2, 0.25) is 0 Å². The first-order valence-electron chi connectivity index (χ1n) is 6.37. The molecule has 0 aliphatic rings. The Morgan fingerprint density at radius 2 is 2.00 bits per heavy atom. The Morgan fingerprint density at radius 1 is 1.29 bits per heavy atom. The van der Waals surface area contributed by atoms with Crippen molar-refractivity contribution < 1.29 is 4.74 Å². The molecule has 0 amide bonds. The van der Waals surface area contributed by atoms with Gasteiger partial charge in [0.05, 0.1) is 7.11 Å². The van der Waals surface area contributed by atoms with Gasteiger partial charge in [-0.15, -0.1) is 0 Å². The summed E-state index contributed by atoms with van der Waals surface area (Å²) in [6, 6.07) is 6.41. The van der Waals surface area contributed by atoms with Gasteiger partial charge < -0.3 is 10.1 Å². The molecule has 0 spiro atoms. The molecule has 0 radical (unpaired) electrons. The molecule has 1 N–H and O–H groups in total. The van der Waals surface area contributed by atoms with Crippen molar-refractivity contribution in [3.8, 4) is 5.75 Å². The highest BCUT2D eigenvalue weighted by Crippen LogP contribution is 2.34. The molecule has 0 saturated carbocycles. The van der Waals surface area contributed by atoms with Gasteiger partial charge in [-0.1, -0.05) is 38.5 Å². The SMILES string of the molecule is CCNCCC(C)(C)c1cc(C)ccc1OC. The third kappa shape index (κ3) is 3.74. The van der Waals surface area contributed by atoms with E-state index in [1.807, 2.05) is 0 Å². The van der Waals surface area contributed by atoms with Crippen LogP contribution in [0.15, 0.2) is 18.2 Å². The van der Waals surface area contributed by atoms with E-state index < -0.39 is 0 Å². The third-order valence-electron chi connectivity index (χ3n) is 3.26. The minimum atomic E-state index is 0.138. The van der Waals surface area contributed by atoms with Crippen LogP contribution in [-0.4, -0.2) is 20.2 Å². The van der Waals surface area contributed by atoms with Crippen molar-refractivity contribution in [3.05, 3.63) is 29.3 Å². The average Bonchev–Trinajstić information content (AvgIpc) is 2.29. The van der Waals surface area contributed by atoms with Gasteiger partial charge in [0, 0.05) is 5.56 Å². The van der Waals surface area contributed by atoms with Crippen LogP contribution in [0.2, 0.25) is 0 Å². The Labute approximate surface area is 105 Å². The molecule has 1 aromatic carbocycles. The summed E-state index contributed by atoms with van der Waals surface area (Å²) in [7, 11) is 1.74. The standard InChI is InChI=1S/C15H25NO/c1-6-16-10-9-15(3,4)13-11-12(2)7-8-14(13)17-5/h7-8,11,16H,6,9-10H2,1-5H3. The van der Waals surface area contributed by atoms with E-state index in [0.717, 1.165) is 25.3 Å². The number of hydrogen-bond donors (Lipinski definition) is 1. The lowest BCUT2D eigenvalue weighted by Gasteiger charge is -2.27. The molecule has 0 atom stereocenters. The van der Waals surface area contributed by atoms with E-state index in [4.69, 9.17) is 4.74 Å². The lowest BCUT2D eigenvalue weighted by Crippen LogP contribution is -2.25. The number of aryl methyl sites for hydroxylation is 1. The first kappa shape index (κ1) is 14.0. The fourth-order valence-corrected chi connectivity index (χ4v) is 2.06. The number of benzene rings is 1. The van der Waals surface area contributed by atoms with E-state index in [0.29, 0.717) is 0 Å². The maximum atomic E-state index is 5.47. The van der Waals surface area contributed by atoms with E-state index in [2.05, 4.69) is 51.2 Å². The number of nitrogens with one attached hydrogen (secondary N) is 1. The van der Waals surface area contributed by atoms with E-state index in [-0.39, 0.29) is 5.41 Å². The summed E-state index contributed by atoms with van der Waals surface area (Å²) in [5.74, 6) is 0.997. The molecule has 1 rings (SSSR count). The monoisotopic (exact) mass is 235 g/mol. The molecule has 0 aliphatic carbocycles. The van der Waals surface area contributed by atoms with Crippen molar-refractivity contribution in [2.24, 2.45) is 0 Å². The Hall–Kier alpha value is -1.02. The predicted octanol–water partition coefficient (Wildman–Crippen LogP) is 3.28. The van der Waals surface area contributed by atoms with E-state index in [1.165, 1.54) is 11.1 Å². The van der Waals surface area contributed by atoms with Crippen molar-refractivity contribution in [1.29, 1.82) is 0 Å². The number of ether oxygens (including phenoxy) is 1. The van der Waals surface area contributed by atoms with Crippen LogP contribution in [0.5, 0.6) is 5.75 Å². The molecule has 2 nitrogen and oxygen atoms in total. The number of methoxy groups -OCH3 is 1. The van der Waals surface area contributed by atoms with Crippen LogP contribution in [0.25, 0.3) is 0 Å². The summed E-state index contributed by atoms with van der Waals surface area (Å²) < 4.78 is 5.47. The lowest BCUT2D eigenvalue weighted by molar-refractivity contribution is 0.382. The van der Waals surface area contributed by atoms with Gasteiger partial charge in [0.1, 0.15) is 5.75 Å². The van der Waals surface area contributed by atoms with Gasteiger partial charge in [-0.25, -0.2) is 0 Å². The maximum Gasteiger partial charge on any atom is 0.122 e. The van der Waals surface area contributed by atoms with Gasteiger partial charge in [0.25, 0.3) is 0 Å². The number of hydrogen-bond acceptors (Lipinski definition) is 2. The van der Waals surface area contributed by atoms with Crippen LogP contribution < -0.4 is 10.1 Å². The molecule has 1 aromatic rings. The highest BCUT2D eigenvalue weighted by molar-refractivity contribution is 5.41. The topological polar surface area (TPSA) is 21.3 Å². The van der Waals surface area contributed by atoms with Gasteiger partial charge >= 0.3 is 0 Å². The second kappa shape index (κ2) is 6.06. The summed E-state index contributed by atoms with van der Waals surface area (Å²) in [6.45, 7) is 10.9. The Kier molecular flexibility index (Phi) is 5.01. The highest BCUT2D eigenvalue weighted by Gasteiger charge is 2.23. The smallest absolute Gasteiger partial charge is 0.122 e. The third-order valence-corrected chi connectivity index (χ3v) is 3.26. The van der Waals surface area contributed by atoms with Gasteiger partial charge in [-0.3, -0.25) is 0 Å². The van der Waals surface area contributed by atoms with Crippen LogP contribution in [-0.2, 0) is 5.41 Å². The summed E-state index contributed by atoms with van der Waals surface area (Å²) >= 11 is 0. The zero-order valence-corrected chi connectivity index (χ0v) is 11.8. The largest absolute Gasteiger partial charge is 0.496 e. The molecule has 0 fully saturated rings. The van der Waals surface area contributed by atoms with Gasteiger partial charge in [-0.05, 0) is 37.9 Å². The van der Waals surface area contributed by atoms with Crippen molar-refractivity contribution >= 4 is 0 Å². The Balaban J connectivity index is 2.91. The molecular weight excluding hydrogens is 210 g/mol. The molecule has 0 saturated heterocycles. The number of rotatable bonds is 6. The fraction of sp³-hybridized carbons (Fsp3) is 0.600. The molecule has 0 aliphatic heterocycles. The molecule has 96 valence electrons. The van der Waals surface area contributed by atoms with Crippen LogP contribution in [0, 0.1) is 6.92 Å².